The molecule has 11 nitrogen and oxygen atoms in total. The van der Waals surface area contributed by atoms with Gasteiger partial charge in [-0.25, -0.2) is 12.7 Å². The molecule has 2 fully saturated rings. The number of hydrogen-bond acceptors (Lipinski definition) is 9. The van der Waals surface area contributed by atoms with Crippen molar-refractivity contribution in [2.24, 2.45) is 5.92 Å². The van der Waals surface area contributed by atoms with Gasteiger partial charge in [-0.1, -0.05) is 12.1 Å². The van der Waals surface area contributed by atoms with Gasteiger partial charge in [0.05, 0.1) is 37.8 Å². The number of H-pyrrole nitrogens is 1. The van der Waals surface area contributed by atoms with E-state index in [1.165, 1.54) is 10.6 Å². The molecule has 33 heavy (non-hydrogen) atoms. The highest BCUT2D eigenvalue weighted by Crippen LogP contribution is 2.28. The molecule has 0 radical (unpaired) electrons. The zero-order valence-corrected chi connectivity index (χ0v) is 19.3. The van der Waals surface area contributed by atoms with Crippen LogP contribution in [0.1, 0.15) is 12.8 Å². The predicted octanol–water partition coefficient (Wildman–Crippen LogP) is 1.30. The number of morpholine rings is 1. The molecule has 5 rings (SSSR count). The van der Waals surface area contributed by atoms with Gasteiger partial charge in [0, 0.05) is 37.1 Å². The molecule has 1 aromatic carbocycles. The third kappa shape index (κ3) is 4.92. The number of hydrogen-bond donors (Lipinski definition) is 1. The summed E-state index contributed by atoms with van der Waals surface area (Å²) < 4.78 is 36.5. The minimum absolute atomic E-state index is 0.243. The van der Waals surface area contributed by atoms with E-state index >= 15 is 0 Å². The van der Waals surface area contributed by atoms with Gasteiger partial charge in [-0.2, -0.15) is 20.1 Å². The lowest BCUT2D eigenvalue weighted by molar-refractivity contribution is 0.121. The van der Waals surface area contributed by atoms with Crippen molar-refractivity contribution in [1.29, 1.82) is 0 Å². The number of sulfonamides is 1. The Bertz CT molecular complexity index is 1220. The van der Waals surface area contributed by atoms with E-state index in [1.54, 1.807) is 6.20 Å². The molecule has 0 aliphatic carbocycles. The molecule has 3 aromatic rings. The first-order valence-corrected chi connectivity index (χ1v) is 12.9. The molecule has 2 aliphatic heterocycles. The lowest BCUT2D eigenvalue weighted by Crippen LogP contribution is -2.39. The van der Waals surface area contributed by atoms with Crippen molar-refractivity contribution in [3.8, 4) is 17.4 Å². The van der Waals surface area contributed by atoms with Crippen molar-refractivity contribution in [2.75, 3.05) is 57.2 Å². The first-order valence-electron chi connectivity index (χ1n) is 11.1. The summed E-state index contributed by atoms with van der Waals surface area (Å²) in [6.45, 7) is 4.08. The molecular formula is C21H27N7O4S. The lowest BCUT2D eigenvalue weighted by atomic mass is 9.99. The number of aromatic amines is 1. The van der Waals surface area contributed by atoms with Crippen LogP contribution in [-0.2, 0) is 14.8 Å². The molecule has 0 amide bonds. The van der Waals surface area contributed by atoms with Crippen molar-refractivity contribution in [3.63, 3.8) is 0 Å². The van der Waals surface area contributed by atoms with Gasteiger partial charge in [0.2, 0.25) is 16.0 Å². The average Bonchev–Trinajstić information content (AvgIpc) is 3.32. The smallest absolute Gasteiger partial charge is 0.321 e. The average molecular weight is 474 g/mol. The summed E-state index contributed by atoms with van der Waals surface area (Å²) >= 11 is 0. The SMILES string of the molecule is CS(=O)(=O)N1CCC(COc2nc(-c3cccc4[nH]ncc34)nc(N3CCOCC3)n2)CC1. The van der Waals surface area contributed by atoms with E-state index in [1.807, 2.05) is 18.2 Å². The second-order valence-electron chi connectivity index (χ2n) is 8.39. The van der Waals surface area contributed by atoms with E-state index in [4.69, 9.17) is 14.5 Å². The lowest BCUT2D eigenvalue weighted by Gasteiger charge is -2.30. The van der Waals surface area contributed by atoms with Crippen LogP contribution >= 0.6 is 0 Å². The Morgan fingerprint density at radius 2 is 1.91 bits per heavy atom. The molecule has 2 aromatic heterocycles. The maximum Gasteiger partial charge on any atom is 0.321 e. The van der Waals surface area contributed by atoms with Gasteiger partial charge >= 0.3 is 6.01 Å². The minimum Gasteiger partial charge on any atom is -0.463 e. The van der Waals surface area contributed by atoms with E-state index < -0.39 is 10.0 Å². The molecule has 176 valence electrons. The molecule has 0 atom stereocenters. The van der Waals surface area contributed by atoms with Crippen LogP contribution in [0.3, 0.4) is 0 Å². The molecule has 1 N–H and O–H groups in total. The van der Waals surface area contributed by atoms with Crippen LogP contribution in [0.2, 0.25) is 0 Å². The zero-order valence-electron chi connectivity index (χ0n) is 18.5. The van der Waals surface area contributed by atoms with Gasteiger partial charge in [0.1, 0.15) is 0 Å². The molecule has 0 saturated carbocycles. The molecule has 12 heteroatoms. The third-order valence-electron chi connectivity index (χ3n) is 6.11. The van der Waals surface area contributed by atoms with E-state index in [2.05, 4.69) is 25.1 Å². The van der Waals surface area contributed by atoms with Gasteiger partial charge < -0.3 is 14.4 Å². The van der Waals surface area contributed by atoms with Gasteiger partial charge in [-0.05, 0) is 24.8 Å². The van der Waals surface area contributed by atoms with Crippen molar-refractivity contribution in [1.82, 2.24) is 29.5 Å². The number of benzene rings is 1. The van der Waals surface area contributed by atoms with E-state index in [0.717, 1.165) is 29.3 Å². The number of piperidine rings is 1. The monoisotopic (exact) mass is 473 g/mol. The minimum atomic E-state index is -3.15. The van der Waals surface area contributed by atoms with Crippen LogP contribution < -0.4 is 9.64 Å². The number of anilines is 1. The zero-order chi connectivity index (χ0) is 22.8. The Morgan fingerprint density at radius 3 is 2.67 bits per heavy atom. The maximum absolute atomic E-state index is 11.8. The first-order chi connectivity index (χ1) is 16.0. The van der Waals surface area contributed by atoms with Gasteiger partial charge in [-0.3, -0.25) is 5.10 Å². The second-order valence-corrected chi connectivity index (χ2v) is 10.4. The normalized spacial score (nSPS) is 18.6. The fraction of sp³-hybridized carbons (Fsp3) is 0.524. The quantitative estimate of drug-likeness (QED) is 0.564. The van der Waals surface area contributed by atoms with Gasteiger partial charge in [0.25, 0.3) is 0 Å². The fourth-order valence-electron chi connectivity index (χ4n) is 4.20. The molecule has 0 spiro atoms. The van der Waals surface area contributed by atoms with Gasteiger partial charge in [0.15, 0.2) is 5.82 Å². The molecule has 0 unspecified atom stereocenters. The molecule has 4 heterocycles. The van der Waals surface area contributed by atoms with Crippen molar-refractivity contribution in [2.45, 2.75) is 12.8 Å². The van der Waals surface area contributed by atoms with Crippen LogP contribution in [0.5, 0.6) is 6.01 Å². The van der Waals surface area contributed by atoms with Gasteiger partial charge in [-0.15, -0.1) is 0 Å². The number of rotatable bonds is 6. The number of fused-ring (bicyclic) bond motifs is 1. The standard InChI is InChI=1S/C21H27N7O4S/c1-33(29,30)28-7-5-15(6-8-28)14-32-21-24-19(16-3-2-4-18-17(16)13-22-26-18)23-20(25-21)27-9-11-31-12-10-27/h2-4,13,15H,5-12,14H2,1H3,(H,22,26). The Labute approximate surface area is 192 Å². The topological polar surface area (TPSA) is 126 Å². The predicted molar refractivity (Wildman–Crippen MR) is 123 cm³/mol. The summed E-state index contributed by atoms with van der Waals surface area (Å²) in [5.41, 5.74) is 1.76. The van der Waals surface area contributed by atoms with Crippen molar-refractivity contribution < 1.29 is 17.9 Å². The maximum atomic E-state index is 11.8. The van der Waals surface area contributed by atoms with Crippen LogP contribution in [0.4, 0.5) is 5.95 Å². The Morgan fingerprint density at radius 1 is 1.12 bits per heavy atom. The summed E-state index contributed by atoms with van der Waals surface area (Å²) in [6, 6.07) is 6.12. The third-order valence-corrected chi connectivity index (χ3v) is 7.42. The Balaban J connectivity index is 1.38. The van der Waals surface area contributed by atoms with Crippen LogP contribution in [0.25, 0.3) is 22.3 Å². The summed E-state index contributed by atoms with van der Waals surface area (Å²) in [6.07, 6.45) is 4.51. The summed E-state index contributed by atoms with van der Waals surface area (Å²) in [5, 5.41) is 8.05. The van der Waals surface area contributed by atoms with Crippen LogP contribution in [0, 0.1) is 5.92 Å². The Hall–Kier alpha value is -2.83. The highest BCUT2D eigenvalue weighted by atomic mass is 32.2. The second kappa shape index (κ2) is 9.20. The number of ether oxygens (including phenoxy) is 2. The van der Waals surface area contributed by atoms with Crippen LogP contribution in [0.15, 0.2) is 24.4 Å². The highest BCUT2D eigenvalue weighted by molar-refractivity contribution is 7.88. The molecule has 0 bridgehead atoms. The number of nitrogens with one attached hydrogen (secondary N) is 1. The Kier molecular flexibility index (Phi) is 6.13. The van der Waals surface area contributed by atoms with Crippen molar-refractivity contribution in [3.05, 3.63) is 24.4 Å². The van der Waals surface area contributed by atoms with E-state index in [-0.39, 0.29) is 11.9 Å². The van der Waals surface area contributed by atoms with E-state index in [0.29, 0.717) is 57.8 Å². The first kappa shape index (κ1) is 22.0. The fourth-order valence-corrected chi connectivity index (χ4v) is 5.07. The van der Waals surface area contributed by atoms with E-state index in [9.17, 15) is 8.42 Å². The summed E-state index contributed by atoms with van der Waals surface area (Å²) in [5.74, 6) is 1.33. The highest BCUT2D eigenvalue weighted by Gasteiger charge is 2.26. The molecular weight excluding hydrogens is 446 g/mol. The number of nitrogens with zero attached hydrogens (tertiary/aromatic N) is 6. The molecule has 2 aliphatic rings. The summed E-state index contributed by atoms with van der Waals surface area (Å²) in [4.78, 5) is 16.0. The molecule has 2 saturated heterocycles. The van der Waals surface area contributed by atoms with Crippen molar-refractivity contribution >= 4 is 26.9 Å². The number of aromatic nitrogens is 5. The largest absolute Gasteiger partial charge is 0.463 e. The van der Waals surface area contributed by atoms with Crippen LogP contribution in [-0.4, -0.2) is 90.1 Å². The summed E-state index contributed by atoms with van der Waals surface area (Å²) in [7, 11) is -3.15.